The van der Waals surface area contributed by atoms with E-state index in [9.17, 15) is 17.6 Å². The highest BCUT2D eigenvalue weighted by molar-refractivity contribution is 7.92. The fourth-order valence-electron chi connectivity index (χ4n) is 1.61. The maximum atomic E-state index is 13.6. The van der Waals surface area contributed by atoms with E-state index < -0.39 is 21.8 Å². The smallest absolute Gasteiger partial charge is 0.337 e. The number of sulfonamides is 1. The Morgan fingerprint density at radius 1 is 1.14 bits per heavy atom. The van der Waals surface area contributed by atoms with Crippen LogP contribution in [0.15, 0.2) is 41.3 Å². The van der Waals surface area contributed by atoms with Crippen LogP contribution in [0.4, 0.5) is 10.1 Å². The third-order valence-electron chi connectivity index (χ3n) is 2.65. The first-order chi connectivity index (χ1) is 10.2. The van der Waals surface area contributed by atoms with Gasteiger partial charge in [-0.15, -0.1) is 0 Å². The van der Waals surface area contributed by atoms with Gasteiger partial charge in [0, 0.05) is 5.02 Å². The minimum atomic E-state index is -4.18. The van der Waals surface area contributed by atoms with Crippen LogP contribution in [0.5, 0.6) is 0 Å². The molecule has 5 nitrogen and oxygen atoms in total. The number of halogens is 3. The molecule has 2 aromatic carbocycles. The third-order valence-corrected chi connectivity index (χ3v) is 4.58. The van der Waals surface area contributed by atoms with Crippen molar-refractivity contribution in [2.24, 2.45) is 0 Å². The number of carboxylic acids is 1. The molecule has 0 heterocycles. The van der Waals surface area contributed by atoms with Crippen LogP contribution >= 0.6 is 23.2 Å². The first-order valence-corrected chi connectivity index (χ1v) is 7.95. The molecule has 0 aliphatic rings. The van der Waals surface area contributed by atoms with E-state index in [4.69, 9.17) is 28.3 Å². The van der Waals surface area contributed by atoms with Crippen molar-refractivity contribution >= 4 is 44.9 Å². The first-order valence-electron chi connectivity index (χ1n) is 5.71. The van der Waals surface area contributed by atoms with Crippen molar-refractivity contribution < 1.29 is 22.7 Å². The summed E-state index contributed by atoms with van der Waals surface area (Å²) < 4.78 is 40.0. The highest BCUT2D eigenvalue weighted by Crippen LogP contribution is 2.25. The van der Waals surface area contributed by atoms with Crippen LogP contribution in [0.2, 0.25) is 10.0 Å². The summed E-state index contributed by atoms with van der Waals surface area (Å²) in [6.07, 6.45) is 0. The van der Waals surface area contributed by atoms with Crippen LogP contribution in [0, 0.1) is 5.82 Å². The molecule has 0 aromatic heterocycles. The van der Waals surface area contributed by atoms with Crippen molar-refractivity contribution in [2.75, 3.05) is 4.72 Å². The average molecular weight is 364 g/mol. The lowest BCUT2D eigenvalue weighted by Crippen LogP contribution is -2.15. The summed E-state index contributed by atoms with van der Waals surface area (Å²) in [6, 6.07) is 6.56. The molecule has 0 aliphatic carbocycles. The van der Waals surface area contributed by atoms with Gasteiger partial charge in [0.2, 0.25) is 0 Å². The fraction of sp³-hybridized carbons (Fsp3) is 0. The molecule has 0 saturated heterocycles. The number of carbonyl (C=O) groups is 1. The Bertz CT molecular complexity index is 855. The van der Waals surface area contributed by atoms with Crippen molar-refractivity contribution in [3.05, 3.63) is 57.8 Å². The van der Waals surface area contributed by atoms with E-state index in [0.717, 1.165) is 30.3 Å². The summed E-state index contributed by atoms with van der Waals surface area (Å²) in [5, 5.41) is 8.95. The Kier molecular flexibility index (Phi) is 4.60. The summed E-state index contributed by atoms with van der Waals surface area (Å²) in [5.74, 6) is -2.23. The predicted molar refractivity (Wildman–Crippen MR) is 80.6 cm³/mol. The quantitative estimate of drug-likeness (QED) is 0.868. The van der Waals surface area contributed by atoms with E-state index in [1.165, 1.54) is 6.07 Å². The highest BCUT2D eigenvalue weighted by Gasteiger charge is 2.20. The van der Waals surface area contributed by atoms with Crippen molar-refractivity contribution in [2.45, 2.75) is 4.90 Å². The van der Waals surface area contributed by atoms with Gasteiger partial charge in [-0.3, -0.25) is 4.72 Å². The normalized spacial score (nSPS) is 11.2. The molecule has 2 aromatic rings. The van der Waals surface area contributed by atoms with Crippen LogP contribution in [0.3, 0.4) is 0 Å². The lowest BCUT2D eigenvalue weighted by molar-refractivity contribution is 0.0697. The van der Waals surface area contributed by atoms with Gasteiger partial charge in [0.05, 0.1) is 21.2 Å². The second kappa shape index (κ2) is 6.12. The summed E-state index contributed by atoms with van der Waals surface area (Å²) in [5.41, 5.74) is -0.683. The number of aromatic carboxylic acids is 1. The second-order valence-electron chi connectivity index (χ2n) is 4.18. The molecule has 0 saturated carbocycles. The van der Waals surface area contributed by atoms with Crippen molar-refractivity contribution in [3.63, 3.8) is 0 Å². The highest BCUT2D eigenvalue weighted by atomic mass is 35.5. The number of rotatable bonds is 4. The molecular weight excluding hydrogens is 356 g/mol. The van der Waals surface area contributed by atoms with Crippen molar-refractivity contribution in [1.82, 2.24) is 0 Å². The molecule has 9 heteroatoms. The maximum Gasteiger partial charge on any atom is 0.337 e. The van der Waals surface area contributed by atoms with E-state index in [2.05, 4.69) is 0 Å². The number of anilines is 1. The Labute approximate surface area is 135 Å². The molecule has 2 N–H and O–H groups in total. The molecule has 0 fully saturated rings. The fourth-order valence-corrected chi connectivity index (χ4v) is 3.06. The van der Waals surface area contributed by atoms with Gasteiger partial charge in [-0.1, -0.05) is 23.2 Å². The number of hydrogen-bond donors (Lipinski definition) is 2. The van der Waals surface area contributed by atoms with Crippen molar-refractivity contribution in [1.29, 1.82) is 0 Å². The molecule has 0 unspecified atom stereocenters. The zero-order chi connectivity index (χ0) is 16.5. The molecule has 0 atom stereocenters. The van der Waals surface area contributed by atoms with Gasteiger partial charge >= 0.3 is 5.97 Å². The number of benzene rings is 2. The SMILES string of the molecule is O=C(O)c1cc(S(=O)(=O)Nc2ccc(Cl)cc2F)ccc1Cl. The molecule has 0 radical (unpaired) electrons. The second-order valence-corrected chi connectivity index (χ2v) is 6.70. The van der Waals surface area contributed by atoms with Gasteiger partial charge in [-0.2, -0.15) is 0 Å². The van der Waals surface area contributed by atoms with Crippen LogP contribution in [-0.2, 0) is 10.0 Å². The van der Waals surface area contributed by atoms with Crippen LogP contribution in [-0.4, -0.2) is 19.5 Å². The minimum Gasteiger partial charge on any atom is -0.478 e. The zero-order valence-corrected chi connectivity index (χ0v) is 13.0. The molecule has 2 rings (SSSR count). The van der Waals surface area contributed by atoms with Crippen LogP contribution in [0.25, 0.3) is 0 Å². The molecule has 0 spiro atoms. The Morgan fingerprint density at radius 3 is 2.41 bits per heavy atom. The van der Waals surface area contributed by atoms with Gasteiger partial charge in [0.15, 0.2) is 0 Å². The van der Waals surface area contributed by atoms with E-state index in [-0.39, 0.29) is 26.2 Å². The Hall–Kier alpha value is -1.83. The molecular formula is C13H8Cl2FNO4S. The average Bonchev–Trinajstić information content (AvgIpc) is 2.42. The molecule has 0 amide bonds. The molecule has 0 aliphatic heterocycles. The monoisotopic (exact) mass is 363 g/mol. The summed E-state index contributed by atoms with van der Waals surface area (Å²) >= 11 is 11.3. The lowest BCUT2D eigenvalue weighted by Gasteiger charge is -2.10. The lowest BCUT2D eigenvalue weighted by atomic mass is 10.2. The van der Waals surface area contributed by atoms with Crippen LogP contribution < -0.4 is 4.72 Å². The summed E-state index contributed by atoms with van der Waals surface area (Å²) in [4.78, 5) is 10.6. The van der Waals surface area contributed by atoms with E-state index in [1.54, 1.807) is 0 Å². The zero-order valence-electron chi connectivity index (χ0n) is 10.7. The largest absolute Gasteiger partial charge is 0.478 e. The Balaban J connectivity index is 2.42. The standard InChI is InChI=1S/C13H8Cl2FNO4S/c14-7-1-4-12(11(16)5-7)17-22(20,21)8-2-3-10(15)9(6-8)13(18)19/h1-6,17H,(H,18,19). The number of hydrogen-bond acceptors (Lipinski definition) is 3. The number of nitrogens with one attached hydrogen (secondary N) is 1. The predicted octanol–water partition coefficient (Wildman–Crippen LogP) is 3.63. The van der Waals surface area contributed by atoms with Gasteiger partial charge in [-0.05, 0) is 36.4 Å². The molecule has 22 heavy (non-hydrogen) atoms. The van der Waals surface area contributed by atoms with E-state index in [1.807, 2.05) is 4.72 Å². The van der Waals surface area contributed by atoms with Gasteiger partial charge in [0.25, 0.3) is 10.0 Å². The first kappa shape index (κ1) is 16.5. The van der Waals surface area contributed by atoms with Gasteiger partial charge in [-0.25, -0.2) is 17.6 Å². The maximum absolute atomic E-state index is 13.6. The van der Waals surface area contributed by atoms with Gasteiger partial charge < -0.3 is 5.11 Å². The number of carboxylic acid groups (broad SMARTS) is 1. The molecule has 116 valence electrons. The Morgan fingerprint density at radius 2 is 1.82 bits per heavy atom. The van der Waals surface area contributed by atoms with E-state index in [0.29, 0.717) is 0 Å². The summed E-state index contributed by atoms with van der Waals surface area (Å²) in [6.45, 7) is 0. The van der Waals surface area contributed by atoms with Crippen LogP contribution in [0.1, 0.15) is 10.4 Å². The topological polar surface area (TPSA) is 83.5 Å². The van der Waals surface area contributed by atoms with Crippen molar-refractivity contribution in [3.8, 4) is 0 Å². The minimum absolute atomic E-state index is 0.107. The summed E-state index contributed by atoms with van der Waals surface area (Å²) in [7, 11) is -4.18. The van der Waals surface area contributed by atoms with E-state index >= 15 is 0 Å². The molecule has 0 bridgehead atoms. The van der Waals surface area contributed by atoms with Gasteiger partial charge in [0.1, 0.15) is 5.82 Å². The third kappa shape index (κ3) is 3.49.